The first-order chi connectivity index (χ1) is 13.8. The van der Waals surface area contributed by atoms with Crippen LogP contribution >= 0.6 is 0 Å². The maximum Gasteiger partial charge on any atom is 0.460 e. The molecule has 1 fully saturated rings. The van der Waals surface area contributed by atoms with Crippen LogP contribution in [0.1, 0.15) is 19.8 Å². The molecule has 0 radical (unpaired) electrons. The fourth-order valence-electron chi connectivity index (χ4n) is 2.61. The van der Waals surface area contributed by atoms with Crippen molar-refractivity contribution in [2.45, 2.75) is 73.5 Å². The minimum atomic E-state index is -8.60. The maximum atomic E-state index is 14.1. The van der Waals surface area contributed by atoms with E-state index in [0.717, 1.165) is 6.92 Å². The molecule has 0 amide bonds. The van der Waals surface area contributed by atoms with E-state index in [1.807, 2.05) is 0 Å². The molecule has 1 aliphatic heterocycles. The third kappa shape index (κ3) is 3.67. The molecule has 192 valence electrons. The van der Waals surface area contributed by atoms with Gasteiger partial charge < -0.3 is 4.74 Å². The molecule has 1 nitrogen and oxygen atoms in total. The highest BCUT2D eigenvalue weighted by Crippen LogP contribution is 2.65. The summed E-state index contributed by atoms with van der Waals surface area (Å²) in [5.74, 6) is -59.1. The van der Waals surface area contributed by atoms with Crippen LogP contribution in [-0.2, 0) is 4.74 Å². The van der Waals surface area contributed by atoms with Crippen LogP contribution in [0.25, 0.3) is 0 Å². The number of hydrogen-bond donors (Lipinski definition) is 0. The number of halogens is 17. The van der Waals surface area contributed by atoms with E-state index in [2.05, 4.69) is 4.74 Å². The van der Waals surface area contributed by atoms with Crippen LogP contribution < -0.4 is 0 Å². The molecular formula is C14H11F17O. The van der Waals surface area contributed by atoms with Crippen LogP contribution in [0, 0.1) is 5.92 Å². The highest BCUT2D eigenvalue weighted by molar-refractivity contribution is 5.16. The molecule has 1 aliphatic rings. The molecule has 1 rings (SSSR count). The Hall–Kier alpha value is -1.23. The van der Waals surface area contributed by atoms with Gasteiger partial charge in [0.2, 0.25) is 0 Å². The molecule has 0 bridgehead atoms. The van der Waals surface area contributed by atoms with E-state index < -0.39 is 79.1 Å². The first kappa shape index (κ1) is 28.8. The molecule has 0 spiro atoms. The average molecular weight is 518 g/mol. The summed E-state index contributed by atoms with van der Waals surface area (Å²) in [5.41, 5.74) is 0. The Kier molecular flexibility index (Phi) is 6.88. The van der Waals surface area contributed by atoms with E-state index >= 15 is 0 Å². The molecule has 0 aromatic heterocycles. The van der Waals surface area contributed by atoms with Crippen molar-refractivity contribution in [2.24, 2.45) is 5.92 Å². The molecular weight excluding hydrogens is 507 g/mol. The third-order valence-corrected chi connectivity index (χ3v) is 4.62. The Balaban J connectivity index is 3.61. The van der Waals surface area contributed by atoms with Crippen molar-refractivity contribution in [3.05, 3.63) is 0 Å². The fourth-order valence-corrected chi connectivity index (χ4v) is 2.61. The van der Waals surface area contributed by atoms with Gasteiger partial charge in [0.15, 0.2) is 0 Å². The van der Waals surface area contributed by atoms with Crippen LogP contribution in [0.3, 0.4) is 0 Å². The Bertz CT molecular complexity index is 675. The Labute approximate surface area is 166 Å². The molecule has 18 heteroatoms. The van der Waals surface area contributed by atoms with Crippen molar-refractivity contribution in [2.75, 3.05) is 6.61 Å². The van der Waals surface area contributed by atoms with Gasteiger partial charge in [-0.3, -0.25) is 0 Å². The Morgan fingerprint density at radius 3 is 1.19 bits per heavy atom. The van der Waals surface area contributed by atoms with Crippen molar-refractivity contribution >= 4 is 0 Å². The van der Waals surface area contributed by atoms with Crippen LogP contribution in [0.4, 0.5) is 74.6 Å². The number of rotatable bonds is 10. The van der Waals surface area contributed by atoms with Gasteiger partial charge >= 0.3 is 47.6 Å². The lowest BCUT2D eigenvalue weighted by molar-refractivity contribution is -0.463. The van der Waals surface area contributed by atoms with Gasteiger partial charge in [0.1, 0.15) is 0 Å². The van der Waals surface area contributed by atoms with Crippen molar-refractivity contribution in [3.8, 4) is 0 Å². The molecule has 0 saturated carbocycles. The van der Waals surface area contributed by atoms with Crippen molar-refractivity contribution < 1.29 is 79.4 Å². The Morgan fingerprint density at radius 2 is 0.906 bits per heavy atom. The molecule has 0 aromatic rings. The van der Waals surface area contributed by atoms with Gasteiger partial charge in [0.05, 0.1) is 18.6 Å². The second-order valence-electron chi connectivity index (χ2n) is 6.83. The zero-order valence-corrected chi connectivity index (χ0v) is 15.1. The smallest absolute Gasteiger partial charge is 0.373 e. The predicted octanol–water partition coefficient (Wildman–Crippen LogP) is 6.81. The Morgan fingerprint density at radius 1 is 0.594 bits per heavy atom. The summed E-state index contributed by atoms with van der Waals surface area (Å²) in [6.45, 7) is 0.217. The summed E-state index contributed by atoms with van der Waals surface area (Å²) in [4.78, 5) is 0. The normalized spacial score (nSPS) is 21.0. The largest absolute Gasteiger partial charge is 0.460 e. The molecule has 2 atom stereocenters. The molecule has 1 heterocycles. The highest BCUT2D eigenvalue weighted by atomic mass is 19.4. The summed E-state index contributed by atoms with van der Waals surface area (Å²) in [6.07, 6.45) is -11.4. The lowest BCUT2D eigenvalue weighted by Gasteiger charge is -2.44. The van der Waals surface area contributed by atoms with Gasteiger partial charge in [-0.15, -0.1) is 0 Å². The van der Waals surface area contributed by atoms with E-state index in [4.69, 9.17) is 0 Å². The fraction of sp³-hybridized carbons (Fsp3) is 1.00. The van der Waals surface area contributed by atoms with Gasteiger partial charge in [-0.05, 0) is 6.42 Å². The van der Waals surface area contributed by atoms with Crippen LogP contribution in [0.5, 0.6) is 0 Å². The highest BCUT2D eigenvalue weighted by Gasteiger charge is 2.95. The molecule has 32 heavy (non-hydrogen) atoms. The summed E-state index contributed by atoms with van der Waals surface area (Å²) in [6, 6.07) is 0. The molecule has 2 unspecified atom stereocenters. The van der Waals surface area contributed by atoms with Gasteiger partial charge in [0.25, 0.3) is 0 Å². The quantitative estimate of drug-likeness (QED) is 0.229. The second kappa shape index (κ2) is 7.65. The van der Waals surface area contributed by atoms with Crippen LogP contribution in [-0.4, -0.2) is 60.3 Å². The van der Waals surface area contributed by atoms with Crippen molar-refractivity contribution in [3.63, 3.8) is 0 Å². The van der Waals surface area contributed by atoms with Crippen LogP contribution in [0.2, 0.25) is 0 Å². The average Bonchev–Trinajstić information content (AvgIpc) is 3.42. The minimum absolute atomic E-state index is 0.510. The van der Waals surface area contributed by atoms with E-state index in [-0.39, 0.29) is 0 Å². The van der Waals surface area contributed by atoms with Crippen molar-refractivity contribution in [1.29, 1.82) is 0 Å². The van der Waals surface area contributed by atoms with Crippen LogP contribution in [0.15, 0.2) is 0 Å². The summed E-state index contributed by atoms with van der Waals surface area (Å²) in [7, 11) is 0. The number of epoxide rings is 1. The summed E-state index contributed by atoms with van der Waals surface area (Å²) >= 11 is 0. The summed E-state index contributed by atoms with van der Waals surface area (Å²) < 4.78 is 229. The lowest BCUT2D eigenvalue weighted by Crippen LogP contribution is -2.75. The van der Waals surface area contributed by atoms with E-state index in [9.17, 15) is 74.6 Å². The number of ether oxygens (including phenoxy) is 1. The monoisotopic (exact) mass is 518 g/mol. The standard InChI is InChI=1S/C14H11F17O/c1-2-3-5(6-4-32-6)7(15,16)8(17,18)9(19,20)10(21,22)11(23,24)12(25,26)13(27,28)14(29,30)31/h5-6H,2-4H2,1H3. The zero-order chi connectivity index (χ0) is 26.0. The SMILES string of the molecule is CCCC(C1CO1)C(F)(F)C(F)(F)C(F)(F)C(F)(F)C(F)(F)C(F)(F)C(F)(F)C(F)(F)F. The number of alkyl halides is 17. The first-order valence-electron chi connectivity index (χ1n) is 8.13. The number of hydrogen-bond acceptors (Lipinski definition) is 1. The van der Waals surface area contributed by atoms with Gasteiger partial charge in [-0.2, -0.15) is 74.6 Å². The van der Waals surface area contributed by atoms with Gasteiger partial charge in [-0.25, -0.2) is 0 Å². The molecule has 1 saturated heterocycles. The van der Waals surface area contributed by atoms with Gasteiger partial charge in [0, 0.05) is 0 Å². The van der Waals surface area contributed by atoms with Gasteiger partial charge in [-0.1, -0.05) is 13.3 Å². The molecule has 0 aliphatic carbocycles. The summed E-state index contributed by atoms with van der Waals surface area (Å²) in [5, 5.41) is 0. The lowest BCUT2D eigenvalue weighted by atomic mass is 9.82. The van der Waals surface area contributed by atoms with E-state index in [0.29, 0.717) is 0 Å². The molecule has 0 aromatic carbocycles. The molecule has 0 N–H and O–H groups in total. The second-order valence-corrected chi connectivity index (χ2v) is 6.83. The van der Waals surface area contributed by atoms with Crippen molar-refractivity contribution in [1.82, 2.24) is 0 Å². The predicted molar refractivity (Wildman–Crippen MR) is 68.8 cm³/mol. The topological polar surface area (TPSA) is 12.5 Å². The minimum Gasteiger partial charge on any atom is -0.373 e. The van der Waals surface area contributed by atoms with E-state index in [1.54, 1.807) is 0 Å². The first-order valence-corrected chi connectivity index (χ1v) is 8.13. The van der Waals surface area contributed by atoms with E-state index in [1.165, 1.54) is 0 Å². The zero-order valence-electron chi connectivity index (χ0n) is 15.1. The maximum absolute atomic E-state index is 14.1. The third-order valence-electron chi connectivity index (χ3n) is 4.62.